The zero-order chi connectivity index (χ0) is 19.0. The van der Waals surface area contributed by atoms with Crippen molar-refractivity contribution in [2.24, 2.45) is 0 Å². The number of H-pyrrole nitrogens is 1. The number of aliphatic hydroxyl groups excluding tert-OH is 1. The van der Waals surface area contributed by atoms with Crippen molar-refractivity contribution in [1.29, 1.82) is 0 Å². The van der Waals surface area contributed by atoms with Crippen LogP contribution in [0.3, 0.4) is 0 Å². The number of rotatable bonds is 6. The summed E-state index contributed by atoms with van der Waals surface area (Å²) in [6.45, 7) is 0.727. The minimum atomic E-state index is -5.26. The third kappa shape index (κ3) is 9.56. The van der Waals surface area contributed by atoms with E-state index >= 15 is 0 Å². The van der Waals surface area contributed by atoms with Gasteiger partial charge in [0.15, 0.2) is 0 Å². The summed E-state index contributed by atoms with van der Waals surface area (Å²) in [5, 5.41) is 9.91. The Morgan fingerprint density at radius 1 is 1.25 bits per heavy atom. The Labute approximate surface area is 224 Å². The van der Waals surface area contributed by atoms with Gasteiger partial charge in [-0.15, -0.1) is 0 Å². The number of hydrogen-bond acceptors (Lipinski definition) is 8. The van der Waals surface area contributed by atoms with Crippen molar-refractivity contribution < 1.29 is 42.5 Å². The Morgan fingerprint density at radius 3 is 2.36 bits per heavy atom. The second kappa shape index (κ2) is 12.8. The Morgan fingerprint density at radius 2 is 1.82 bits per heavy atom. The molecule has 18 heteroatoms. The maximum Gasteiger partial charge on any atom is 0.481 e. The predicted molar refractivity (Wildman–Crippen MR) is 96.8 cm³/mol. The maximum absolute atomic E-state index is 11.8. The van der Waals surface area contributed by atoms with Crippen LogP contribution in [0.5, 0.6) is 0 Å². The third-order valence-corrected chi connectivity index (χ3v) is 5.42. The van der Waals surface area contributed by atoms with Crippen molar-refractivity contribution in [3.63, 3.8) is 0 Å². The first-order chi connectivity index (χ1) is 11.4. The summed E-state index contributed by atoms with van der Waals surface area (Å²) < 4.78 is 36.3. The second-order valence-electron chi connectivity index (χ2n) is 5.25. The van der Waals surface area contributed by atoms with Crippen LogP contribution in [0.15, 0.2) is 15.8 Å². The van der Waals surface area contributed by atoms with Gasteiger partial charge < -0.3 is 24.5 Å². The number of phosphoric acid groups is 2. The molecular weight excluding hydrogens is 455 g/mol. The molecule has 0 saturated carbocycles. The van der Waals surface area contributed by atoms with E-state index in [1.807, 2.05) is 0 Å². The van der Waals surface area contributed by atoms with E-state index in [1.165, 1.54) is 13.1 Å². The molecule has 3 radical (unpaired) electrons. The number of aromatic nitrogens is 2. The standard InChI is InChI=1S/C10H16N2O11P2.3Na/c1-5-3-12(10(15)11-9(5)14)8-2-6(13)7(22-8)4-21-25(19,20)23-24(16,17)18;;;/h3,6-8,13H,2,4H2,1H3,(H,19,20)(H,11,14,15)(H2,16,17,18);;;/t6-,7+,8+;;;/m0.../s1. The first kappa shape index (κ1) is 32.0. The number of hydrogen-bond donors (Lipinski definition) is 5. The zero-order valence-corrected chi connectivity index (χ0v) is 23.5. The summed E-state index contributed by atoms with van der Waals surface area (Å²) in [5.41, 5.74) is -1.12. The molecule has 1 aromatic heterocycles. The molecule has 1 aliphatic heterocycles. The molecule has 2 rings (SSSR count). The Balaban J connectivity index is 0. The van der Waals surface area contributed by atoms with Gasteiger partial charge in [0.05, 0.1) is 12.7 Å². The minimum Gasteiger partial charge on any atom is -0.390 e. The van der Waals surface area contributed by atoms with Crippen LogP contribution >= 0.6 is 15.6 Å². The van der Waals surface area contributed by atoms with Crippen molar-refractivity contribution in [1.82, 2.24) is 9.55 Å². The SMILES string of the molecule is Cc1cn([C@H]2C[C@H](O)[C@@H](COP(=O)(O)OP(=O)(O)O)O2)c(=O)[nH]c1=O.[Na].[Na].[Na]. The molecular formula is C10H16N2Na3O11P2. The van der Waals surface area contributed by atoms with Crippen molar-refractivity contribution in [2.75, 3.05) is 6.61 Å². The van der Waals surface area contributed by atoms with E-state index in [4.69, 9.17) is 14.5 Å². The van der Waals surface area contributed by atoms with E-state index in [-0.39, 0.29) is 101 Å². The molecule has 1 aliphatic rings. The van der Waals surface area contributed by atoms with Gasteiger partial charge in [-0.2, -0.15) is 4.31 Å². The summed E-state index contributed by atoms with van der Waals surface area (Å²) in [6.07, 6.45) is -2.22. The van der Waals surface area contributed by atoms with Crippen LogP contribution in [0.1, 0.15) is 18.2 Å². The van der Waals surface area contributed by atoms with E-state index in [9.17, 15) is 28.7 Å². The number of aromatic amines is 1. The van der Waals surface area contributed by atoms with Crippen LogP contribution in [-0.2, 0) is 22.7 Å². The summed E-state index contributed by atoms with van der Waals surface area (Å²) >= 11 is 0. The van der Waals surface area contributed by atoms with Crippen LogP contribution in [-0.4, -0.2) is 137 Å². The maximum atomic E-state index is 11.8. The summed E-state index contributed by atoms with van der Waals surface area (Å²) in [4.78, 5) is 51.4. The van der Waals surface area contributed by atoms with Gasteiger partial charge in [-0.1, -0.05) is 0 Å². The predicted octanol–water partition coefficient (Wildman–Crippen LogP) is -2.42. The quantitative estimate of drug-likeness (QED) is 0.219. The average molecular weight is 471 g/mol. The summed E-state index contributed by atoms with van der Waals surface area (Å²) in [7, 11) is -10.3. The van der Waals surface area contributed by atoms with Gasteiger partial charge in [0.25, 0.3) is 5.56 Å². The van der Waals surface area contributed by atoms with Crippen LogP contribution in [0.2, 0.25) is 0 Å². The fourth-order valence-corrected chi connectivity index (χ4v) is 3.76. The average Bonchev–Trinajstić information content (AvgIpc) is 2.79. The molecule has 145 valence electrons. The molecule has 1 aromatic rings. The zero-order valence-electron chi connectivity index (χ0n) is 15.7. The van der Waals surface area contributed by atoms with Crippen molar-refractivity contribution in [2.45, 2.75) is 31.8 Å². The van der Waals surface area contributed by atoms with Gasteiger partial charge in [0, 0.05) is 107 Å². The number of phosphoric ester groups is 1. The molecule has 5 N–H and O–H groups in total. The molecule has 2 heterocycles. The first-order valence-corrected chi connectivity index (χ1v) is 9.80. The van der Waals surface area contributed by atoms with Crippen LogP contribution in [0, 0.1) is 6.92 Å². The fraction of sp³-hybridized carbons (Fsp3) is 0.600. The van der Waals surface area contributed by atoms with Crippen LogP contribution in [0.25, 0.3) is 0 Å². The first-order valence-electron chi connectivity index (χ1n) is 6.78. The van der Waals surface area contributed by atoms with Gasteiger partial charge in [-0.3, -0.25) is 18.9 Å². The van der Waals surface area contributed by atoms with E-state index in [0.29, 0.717) is 0 Å². The number of aryl methyl sites for hydroxylation is 1. The Kier molecular flexibility index (Phi) is 14.6. The van der Waals surface area contributed by atoms with Gasteiger partial charge in [0.1, 0.15) is 12.3 Å². The number of nitrogens with zero attached hydrogens (tertiary/aromatic N) is 1. The molecule has 1 unspecified atom stereocenters. The van der Waals surface area contributed by atoms with Gasteiger partial charge >= 0.3 is 21.3 Å². The normalized spacial score (nSPS) is 23.7. The topological polar surface area (TPSA) is 198 Å². The third-order valence-electron chi connectivity index (χ3n) is 3.27. The van der Waals surface area contributed by atoms with Crippen LogP contribution < -0.4 is 11.2 Å². The van der Waals surface area contributed by atoms with Gasteiger partial charge in [-0.25, -0.2) is 13.9 Å². The molecule has 4 atom stereocenters. The molecule has 0 amide bonds. The smallest absolute Gasteiger partial charge is 0.390 e. The molecule has 0 spiro atoms. The largest absolute Gasteiger partial charge is 0.481 e. The van der Waals surface area contributed by atoms with E-state index in [0.717, 1.165) is 4.57 Å². The number of nitrogens with one attached hydrogen (secondary N) is 1. The van der Waals surface area contributed by atoms with Gasteiger partial charge in [-0.05, 0) is 6.92 Å². The molecule has 0 aliphatic carbocycles. The molecule has 13 nitrogen and oxygen atoms in total. The number of aliphatic hydroxyl groups is 1. The fourth-order valence-electron chi connectivity index (χ4n) is 2.16. The number of ether oxygens (including phenoxy) is 1. The van der Waals surface area contributed by atoms with Crippen molar-refractivity contribution >= 4 is 104 Å². The van der Waals surface area contributed by atoms with Gasteiger partial charge in [0.2, 0.25) is 0 Å². The summed E-state index contributed by atoms with van der Waals surface area (Å²) in [5.74, 6) is 0. The van der Waals surface area contributed by atoms with E-state index in [1.54, 1.807) is 0 Å². The Hall–Kier alpha value is 1.86. The molecule has 1 saturated heterocycles. The monoisotopic (exact) mass is 471 g/mol. The van der Waals surface area contributed by atoms with E-state index < -0.39 is 51.9 Å². The van der Waals surface area contributed by atoms with Crippen LogP contribution in [0.4, 0.5) is 0 Å². The molecule has 28 heavy (non-hydrogen) atoms. The van der Waals surface area contributed by atoms with Crippen molar-refractivity contribution in [3.8, 4) is 0 Å². The van der Waals surface area contributed by atoms with E-state index in [2.05, 4.69) is 13.8 Å². The second-order valence-corrected chi connectivity index (χ2v) is 8.08. The molecule has 0 bridgehead atoms. The molecule has 0 aromatic carbocycles. The molecule has 1 fully saturated rings. The summed E-state index contributed by atoms with van der Waals surface area (Å²) in [6, 6.07) is 0. The minimum absolute atomic E-state index is 0. The van der Waals surface area contributed by atoms with Crippen molar-refractivity contribution in [3.05, 3.63) is 32.6 Å². The Bertz CT molecular complexity index is 856.